The maximum Gasteiger partial charge on any atom is 0.253 e. The van der Waals surface area contributed by atoms with Gasteiger partial charge in [0.05, 0.1) is 7.11 Å². The Kier molecular flexibility index (Phi) is 3.75. The van der Waals surface area contributed by atoms with Gasteiger partial charge < -0.3 is 4.74 Å². The maximum absolute atomic E-state index is 9.84. The van der Waals surface area contributed by atoms with E-state index in [-0.39, 0.29) is 0 Å². The van der Waals surface area contributed by atoms with Crippen LogP contribution in [0.1, 0.15) is 0 Å². The van der Waals surface area contributed by atoms with Crippen LogP contribution in [0.4, 0.5) is 5.69 Å². The zero-order chi connectivity index (χ0) is 17.2. The Hall–Kier alpha value is -3.45. The molecule has 7 heteroatoms. The van der Waals surface area contributed by atoms with Crippen LogP contribution in [0.15, 0.2) is 60.9 Å². The van der Waals surface area contributed by atoms with E-state index in [1.165, 1.54) is 6.33 Å². The highest BCUT2D eigenvalue weighted by Crippen LogP contribution is 2.36. The molecular formula is C18H15N5O2. The molecule has 2 heterocycles. The summed E-state index contributed by atoms with van der Waals surface area (Å²) in [5.41, 5.74) is 5.69. The van der Waals surface area contributed by atoms with Crippen LogP contribution in [0.25, 0.3) is 28.3 Å². The number of aromatic nitrogens is 4. The summed E-state index contributed by atoms with van der Waals surface area (Å²) in [6, 6.07) is 17.1. The predicted molar refractivity (Wildman–Crippen MR) is 93.6 cm³/mol. The molecule has 0 amide bonds. The summed E-state index contributed by atoms with van der Waals surface area (Å²) in [6.45, 7) is 0. The number of methoxy groups -OCH3 is 1. The van der Waals surface area contributed by atoms with Gasteiger partial charge in [-0.1, -0.05) is 30.3 Å². The van der Waals surface area contributed by atoms with Gasteiger partial charge in [-0.3, -0.25) is 10.7 Å². The molecule has 0 spiro atoms. The summed E-state index contributed by atoms with van der Waals surface area (Å²) in [6.07, 6.45) is 1.44. The molecule has 4 aromatic rings. The van der Waals surface area contributed by atoms with E-state index in [1.54, 1.807) is 11.6 Å². The van der Waals surface area contributed by atoms with Crippen LogP contribution < -0.4 is 10.2 Å². The normalized spacial score (nSPS) is 10.8. The van der Waals surface area contributed by atoms with Crippen LogP contribution >= 0.6 is 0 Å². The van der Waals surface area contributed by atoms with Gasteiger partial charge in [-0.25, -0.2) is 4.98 Å². The van der Waals surface area contributed by atoms with Crippen LogP contribution in [0, 0.1) is 0 Å². The summed E-state index contributed by atoms with van der Waals surface area (Å²) in [5, 5.41) is 14.1. The Morgan fingerprint density at radius 2 is 1.76 bits per heavy atom. The summed E-state index contributed by atoms with van der Waals surface area (Å²) < 4.78 is 6.81. The average molecular weight is 333 g/mol. The number of rotatable bonds is 4. The van der Waals surface area contributed by atoms with E-state index < -0.39 is 0 Å². The van der Waals surface area contributed by atoms with Crippen molar-refractivity contribution >= 4 is 11.5 Å². The van der Waals surface area contributed by atoms with Crippen LogP contribution in [0.3, 0.4) is 0 Å². The van der Waals surface area contributed by atoms with Gasteiger partial charge in [0.15, 0.2) is 0 Å². The minimum atomic E-state index is 0.448. The molecule has 124 valence electrons. The molecule has 0 fully saturated rings. The van der Waals surface area contributed by atoms with Gasteiger partial charge in [0.2, 0.25) is 0 Å². The first-order chi connectivity index (χ1) is 12.3. The summed E-state index contributed by atoms with van der Waals surface area (Å²) in [5.74, 6) is 1.19. The van der Waals surface area contributed by atoms with Gasteiger partial charge in [-0.05, 0) is 24.3 Å². The van der Waals surface area contributed by atoms with Crippen LogP contribution in [-0.2, 0) is 0 Å². The molecule has 2 aromatic carbocycles. The zero-order valence-electron chi connectivity index (χ0n) is 13.4. The van der Waals surface area contributed by atoms with Gasteiger partial charge in [-0.15, -0.1) is 0 Å². The Bertz CT molecular complexity index is 1010. The number of benzene rings is 2. The summed E-state index contributed by atoms with van der Waals surface area (Å²) in [7, 11) is 1.62. The third kappa shape index (κ3) is 2.56. The number of hydrogen-bond donors (Lipinski definition) is 2. The molecule has 2 aromatic heterocycles. The van der Waals surface area contributed by atoms with Crippen molar-refractivity contribution in [1.29, 1.82) is 0 Å². The standard InChI is InChI=1S/C18H15N5O2/c1-25-14-9-7-13(8-10-14)17-16(22-24)15(12-5-3-2-4-6-12)21-18-19-11-20-23(17)18/h2-11,22,24H,1H3. The molecule has 7 nitrogen and oxygen atoms in total. The molecule has 0 radical (unpaired) electrons. The molecule has 0 aliphatic heterocycles. The smallest absolute Gasteiger partial charge is 0.253 e. The molecule has 25 heavy (non-hydrogen) atoms. The average Bonchev–Trinajstić information content (AvgIpc) is 3.15. The van der Waals surface area contributed by atoms with Crippen LogP contribution in [-0.4, -0.2) is 31.9 Å². The molecule has 0 saturated heterocycles. The fourth-order valence-electron chi connectivity index (χ4n) is 2.77. The molecule has 0 atom stereocenters. The zero-order valence-corrected chi connectivity index (χ0v) is 13.4. The van der Waals surface area contributed by atoms with Gasteiger partial charge in [0.1, 0.15) is 29.2 Å². The van der Waals surface area contributed by atoms with Crippen molar-refractivity contribution in [3.63, 3.8) is 0 Å². The Labute approximate surface area is 143 Å². The van der Waals surface area contributed by atoms with Crippen molar-refractivity contribution in [3.05, 3.63) is 60.9 Å². The maximum atomic E-state index is 9.84. The summed E-state index contributed by atoms with van der Waals surface area (Å²) in [4.78, 5) is 8.75. The van der Waals surface area contributed by atoms with Crippen molar-refractivity contribution in [2.75, 3.05) is 12.6 Å². The van der Waals surface area contributed by atoms with Gasteiger partial charge in [0.25, 0.3) is 5.78 Å². The van der Waals surface area contributed by atoms with E-state index in [9.17, 15) is 5.21 Å². The topological polar surface area (TPSA) is 84.6 Å². The fraction of sp³-hybridized carbons (Fsp3) is 0.0556. The molecule has 0 aliphatic rings. The lowest BCUT2D eigenvalue weighted by Gasteiger charge is -2.15. The highest BCUT2D eigenvalue weighted by atomic mass is 16.5. The van der Waals surface area contributed by atoms with Crippen molar-refractivity contribution in [2.45, 2.75) is 0 Å². The quantitative estimate of drug-likeness (QED) is 0.558. The minimum Gasteiger partial charge on any atom is -0.497 e. The van der Waals surface area contributed by atoms with E-state index in [0.717, 1.165) is 16.9 Å². The van der Waals surface area contributed by atoms with Crippen LogP contribution in [0.5, 0.6) is 5.75 Å². The molecule has 0 saturated carbocycles. The lowest BCUT2D eigenvalue weighted by Crippen LogP contribution is -2.06. The second-order valence-electron chi connectivity index (χ2n) is 5.36. The van der Waals surface area contributed by atoms with Crippen molar-refractivity contribution in [3.8, 4) is 28.3 Å². The number of ether oxygens (including phenoxy) is 1. The van der Waals surface area contributed by atoms with Gasteiger partial charge in [-0.2, -0.15) is 14.6 Å². The lowest BCUT2D eigenvalue weighted by molar-refractivity contribution is 0.389. The molecule has 2 N–H and O–H groups in total. The first kappa shape index (κ1) is 15.1. The SMILES string of the molecule is COc1ccc(-c2c(NO)c(-c3ccccc3)nc3ncnn23)cc1. The Morgan fingerprint density at radius 1 is 1.00 bits per heavy atom. The number of fused-ring (bicyclic) bond motifs is 1. The van der Waals surface area contributed by atoms with Crippen molar-refractivity contribution in [1.82, 2.24) is 19.6 Å². The highest BCUT2D eigenvalue weighted by Gasteiger charge is 2.19. The van der Waals surface area contributed by atoms with E-state index in [0.29, 0.717) is 22.9 Å². The molecule has 4 rings (SSSR count). The second-order valence-corrected chi connectivity index (χ2v) is 5.36. The van der Waals surface area contributed by atoms with Gasteiger partial charge >= 0.3 is 0 Å². The summed E-state index contributed by atoms with van der Waals surface area (Å²) >= 11 is 0. The number of nitrogens with zero attached hydrogens (tertiary/aromatic N) is 4. The fourth-order valence-corrected chi connectivity index (χ4v) is 2.77. The molecular weight excluding hydrogens is 318 g/mol. The van der Waals surface area contributed by atoms with Crippen molar-refractivity contribution in [2.24, 2.45) is 0 Å². The lowest BCUT2D eigenvalue weighted by atomic mass is 10.0. The molecule has 0 bridgehead atoms. The van der Waals surface area contributed by atoms with Gasteiger partial charge in [0, 0.05) is 11.1 Å². The Balaban J connectivity index is 2.02. The van der Waals surface area contributed by atoms with Crippen LogP contribution in [0.2, 0.25) is 0 Å². The largest absolute Gasteiger partial charge is 0.497 e. The highest BCUT2D eigenvalue weighted by molar-refractivity contribution is 5.87. The molecule has 0 aliphatic carbocycles. The van der Waals surface area contributed by atoms with E-state index in [2.05, 4.69) is 20.5 Å². The number of hydrogen-bond acceptors (Lipinski definition) is 6. The third-order valence-electron chi connectivity index (χ3n) is 3.95. The second kappa shape index (κ2) is 6.21. The first-order valence-corrected chi connectivity index (χ1v) is 7.65. The first-order valence-electron chi connectivity index (χ1n) is 7.65. The number of anilines is 1. The predicted octanol–water partition coefficient (Wildman–Crippen LogP) is 3.27. The Morgan fingerprint density at radius 3 is 2.44 bits per heavy atom. The van der Waals surface area contributed by atoms with E-state index >= 15 is 0 Å². The third-order valence-corrected chi connectivity index (χ3v) is 3.95. The molecule has 0 unspecified atom stereocenters. The number of nitrogens with one attached hydrogen (secondary N) is 1. The monoisotopic (exact) mass is 333 g/mol. The van der Waals surface area contributed by atoms with E-state index in [1.807, 2.05) is 54.6 Å². The van der Waals surface area contributed by atoms with E-state index in [4.69, 9.17) is 4.74 Å². The minimum absolute atomic E-state index is 0.448. The van der Waals surface area contributed by atoms with Crippen molar-refractivity contribution < 1.29 is 9.94 Å².